The number of hydrogen-bond acceptors (Lipinski definition) is 12. The summed E-state index contributed by atoms with van der Waals surface area (Å²) < 4.78 is 0. The van der Waals surface area contributed by atoms with Gasteiger partial charge < -0.3 is 59.0 Å². The molecular weight excluding hydrogens is 557 g/mol. The van der Waals surface area contributed by atoms with Gasteiger partial charge in [-0.2, -0.15) is 0 Å². The molecule has 0 saturated heterocycles. The van der Waals surface area contributed by atoms with Gasteiger partial charge >= 0.3 is 42.3 Å². The maximum atomic E-state index is 10.8. The topological polar surface area (TPSA) is 141 Å². The third kappa shape index (κ3) is 18.9. The van der Waals surface area contributed by atoms with Crippen molar-refractivity contribution in [2.75, 3.05) is 66.5 Å². The first-order valence-electron chi connectivity index (χ1n) is 17.1. The average molecular weight is 624 g/mol. The van der Waals surface area contributed by atoms with Crippen LogP contribution in [-0.4, -0.2) is 174 Å². The normalized spacial score (nSPS) is 12.1. The molecule has 12 nitrogen and oxygen atoms in total. The predicted octanol–water partition coefficient (Wildman–Crippen LogP) is 0.187. The van der Waals surface area contributed by atoms with E-state index in [0.717, 1.165) is 90.6 Å². The predicted molar refractivity (Wildman–Crippen MR) is 191 cm³/mol. The van der Waals surface area contributed by atoms with Crippen LogP contribution in [0.4, 0.5) is 0 Å². The quantitative estimate of drug-likeness (QED) is 0.0403. The van der Waals surface area contributed by atoms with E-state index in [2.05, 4.69) is 26.2 Å². The van der Waals surface area contributed by atoms with Gasteiger partial charge in [-0.1, -0.05) is 13.3 Å². The Morgan fingerprint density at radius 2 is 0.750 bits per heavy atom. The zero-order chi connectivity index (χ0) is 33.8. The summed E-state index contributed by atoms with van der Waals surface area (Å²) in [6.45, 7) is 18.6. The largest absolute Gasteiger partial charge is 0.437 e. The van der Waals surface area contributed by atoms with Gasteiger partial charge in [0.1, 0.15) is 0 Å². The van der Waals surface area contributed by atoms with E-state index in [1.165, 1.54) is 0 Å². The van der Waals surface area contributed by atoms with Crippen LogP contribution in [0.3, 0.4) is 0 Å². The van der Waals surface area contributed by atoms with E-state index in [1.807, 2.05) is 23.7 Å². The smallest absolute Gasteiger partial charge is 0.377 e. The first kappa shape index (κ1) is 43.9. The monoisotopic (exact) mass is 625 g/mol. The number of rotatable bonds is 28. The van der Waals surface area contributed by atoms with Gasteiger partial charge in [-0.15, -0.1) is 0 Å². The van der Waals surface area contributed by atoms with Crippen LogP contribution in [0.25, 0.3) is 0 Å². The van der Waals surface area contributed by atoms with Crippen LogP contribution < -0.4 is 0 Å². The minimum Gasteiger partial charge on any atom is -0.437 e. The van der Waals surface area contributed by atoms with Crippen molar-refractivity contribution >= 4 is 42.3 Å². The average Bonchev–Trinajstić information content (AvgIpc) is 2.93. The van der Waals surface area contributed by atoms with Crippen LogP contribution in [0.1, 0.15) is 58.3 Å². The summed E-state index contributed by atoms with van der Waals surface area (Å²) in [5.41, 5.74) is 0. The van der Waals surface area contributed by atoms with Crippen molar-refractivity contribution in [2.45, 2.75) is 105 Å². The van der Waals surface area contributed by atoms with Crippen LogP contribution in [0.15, 0.2) is 0 Å². The van der Waals surface area contributed by atoms with Crippen molar-refractivity contribution in [3.8, 4) is 0 Å². The standard InChI is InChI=1S/C26H66B6N6O6/c1-10-17-26(37(31(6)43)24-13-11-20-35(29(4)41)22-15-18-33(8)27(2)39)38(32(7)44)25-14-12-21-36(30(5)42)23-16-19-34(9)28(3)40/h26,39-44H,10-25H2,1-9H3. The third-order valence-corrected chi connectivity index (χ3v) is 8.74. The molecule has 6 N–H and O–H groups in total. The Bertz CT molecular complexity index is 643. The Balaban J connectivity index is 5.07. The molecule has 0 aliphatic carbocycles. The van der Waals surface area contributed by atoms with Gasteiger partial charge in [-0.05, 0) is 152 Å². The summed E-state index contributed by atoms with van der Waals surface area (Å²) in [7, 11) is 0.371. The van der Waals surface area contributed by atoms with Crippen LogP contribution >= 0.6 is 0 Å². The molecule has 44 heavy (non-hydrogen) atoms. The molecule has 0 rings (SSSR count). The van der Waals surface area contributed by atoms with Crippen LogP contribution in [0.2, 0.25) is 40.9 Å². The lowest BCUT2D eigenvalue weighted by Crippen LogP contribution is -2.58. The number of nitrogens with zero attached hydrogens (tertiary/aromatic N) is 6. The van der Waals surface area contributed by atoms with E-state index < -0.39 is 42.3 Å². The maximum absolute atomic E-state index is 10.8. The maximum Gasteiger partial charge on any atom is 0.377 e. The second kappa shape index (κ2) is 25.0. The molecule has 0 saturated carbocycles. The van der Waals surface area contributed by atoms with Gasteiger partial charge in [0.15, 0.2) is 0 Å². The van der Waals surface area contributed by atoms with Crippen molar-refractivity contribution in [1.29, 1.82) is 0 Å². The Hall–Kier alpha value is -0.0904. The summed E-state index contributed by atoms with van der Waals surface area (Å²) in [5.74, 6) is 0. The highest BCUT2D eigenvalue weighted by atomic mass is 16.2. The highest BCUT2D eigenvalue weighted by Gasteiger charge is 2.33. The summed E-state index contributed by atoms with van der Waals surface area (Å²) in [4.78, 5) is 12.0. The van der Waals surface area contributed by atoms with Gasteiger partial charge in [0.05, 0.1) is 0 Å². The first-order valence-corrected chi connectivity index (χ1v) is 17.1. The van der Waals surface area contributed by atoms with E-state index in [0.29, 0.717) is 13.1 Å². The molecule has 0 amide bonds. The highest BCUT2D eigenvalue weighted by molar-refractivity contribution is 6.47. The van der Waals surface area contributed by atoms with E-state index >= 15 is 0 Å². The van der Waals surface area contributed by atoms with Gasteiger partial charge in [0.25, 0.3) is 0 Å². The van der Waals surface area contributed by atoms with E-state index in [-0.39, 0.29) is 6.17 Å². The lowest BCUT2D eigenvalue weighted by molar-refractivity contribution is 0.128. The molecule has 0 aliphatic heterocycles. The van der Waals surface area contributed by atoms with Crippen LogP contribution in [0, 0.1) is 0 Å². The van der Waals surface area contributed by atoms with E-state index in [9.17, 15) is 30.1 Å². The fraction of sp³-hybridized carbons (Fsp3) is 1.00. The molecule has 0 aromatic carbocycles. The molecule has 0 heterocycles. The molecule has 254 valence electrons. The lowest BCUT2D eigenvalue weighted by atomic mass is 9.78. The van der Waals surface area contributed by atoms with Crippen LogP contribution in [-0.2, 0) is 0 Å². The number of unbranched alkanes of at least 4 members (excludes halogenated alkanes) is 2. The molecule has 0 bridgehead atoms. The molecule has 0 unspecified atom stereocenters. The summed E-state index contributed by atoms with van der Waals surface area (Å²) in [6.07, 6.45) is 6.78. The molecule has 0 aromatic heterocycles. The molecule has 0 aromatic rings. The van der Waals surface area contributed by atoms with Gasteiger partial charge in [-0.3, -0.25) is 0 Å². The Kier molecular flexibility index (Phi) is 24.9. The number of hydrogen-bond donors (Lipinski definition) is 6. The summed E-state index contributed by atoms with van der Waals surface area (Å²) in [5, 5.41) is 61.5. The zero-order valence-electron chi connectivity index (χ0n) is 29.7. The second-order valence-corrected chi connectivity index (χ2v) is 12.7. The van der Waals surface area contributed by atoms with Gasteiger partial charge in [-0.25, -0.2) is 0 Å². The summed E-state index contributed by atoms with van der Waals surface area (Å²) >= 11 is 0. The van der Waals surface area contributed by atoms with E-state index in [4.69, 9.17) is 0 Å². The minimum absolute atomic E-state index is 0.104. The first-order chi connectivity index (χ1) is 20.6. The molecule has 0 spiro atoms. The molecule has 0 radical (unpaired) electrons. The van der Waals surface area contributed by atoms with Crippen molar-refractivity contribution in [1.82, 2.24) is 28.9 Å². The van der Waals surface area contributed by atoms with Crippen molar-refractivity contribution in [2.24, 2.45) is 0 Å². The lowest BCUT2D eigenvalue weighted by Gasteiger charge is -2.42. The molecule has 18 heteroatoms. The second-order valence-electron chi connectivity index (χ2n) is 12.7. The minimum atomic E-state index is -0.665. The zero-order valence-corrected chi connectivity index (χ0v) is 29.7. The Labute approximate surface area is 272 Å². The molecule has 0 atom stereocenters. The Morgan fingerprint density at radius 3 is 1.02 bits per heavy atom. The molecule has 0 fully saturated rings. The third-order valence-electron chi connectivity index (χ3n) is 8.74. The van der Waals surface area contributed by atoms with Crippen molar-refractivity contribution in [3.63, 3.8) is 0 Å². The van der Waals surface area contributed by atoms with Crippen LogP contribution in [0.5, 0.6) is 0 Å². The fourth-order valence-electron chi connectivity index (χ4n) is 5.56. The van der Waals surface area contributed by atoms with Gasteiger partial charge in [0, 0.05) is 6.17 Å². The van der Waals surface area contributed by atoms with E-state index in [1.54, 1.807) is 40.9 Å². The SMILES string of the molecule is CCCC(N(CCCCN(CCCN(C)B(C)O)B(C)O)B(C)O)N(CCCCN(CCCN(C)B(C)O)B(C)O)B(C)O. The molecule has 0 aliphatic rings. The highest BCUT2D eigenvalue weighted by Crippen LogP contribution is 2.18. The fourth-order valence-corrected chi connectivity index (χ4v) is 5.56. The van der Waals surface area contributed by atoms with Crippen molar-refractivity contribution < 1.29 is 30.1 Å². The Morgan fingerprint density at radius 1 is 0.432 bits per heavy atom. The van der Waals surface area contributed by atoms with Crippen molar-refractivity contribution in [3.05, 3.63) is 0 Å². The summed E-state index contributed by atoms with van der Waals surface area (Å²) in [6, 6.07) is 0. The van der Waals surface area contributed by atoms with Gasteiger partial charge in [0.2, 0.25) is 0 Å². The molecular formula is C26H66B6N6O6.